The van der Waals surface area contributed by atoms with Gasteiger partial charge in [-0.3, -0.25) is 9.36 Å². The van der Waals surface area contributed by atoms with Gasteiger partial charge in [-0.25, -0.2) is 9.18 Å². The highest BCUT2D eigenvalue weighted by molar-refractivity contribution is 7.71. The lowest BCUT2D eigenvalue weighted by atomic mass is 10.2. The summed E-state index contributed by atoms with van der Waals surface area (Å²) in [5.41, 5.74) is -0.396. The fraction of sp³-hybridized carbons (Fsp3) is 0.643. The van der Waals surface area contributed by atoms with Crippen LogP contribution in [-0.2, 0) is 16.1 Å². The molecular weight excluding hydrogens is 295 g/mol. The van der Waals surface area contributed by atoms with Crippen molar-refractivity contribution in [3.63, 3.8) is 0 Å². The predicted octanol–water partition coefficient (Wildman–Crippen LogP) is 2.80. The second-order valence-corrected chi connectivity index (χ2v) is 5.52. The first kappa shape index (κ1) is 17.6. The molecule has 1 N–H and O–H groups in total. The number of unbranched alkanes of at least 4 members (excludes halogenated alkanes) is 3. The Bertz CT molecular complexity index is 580. The Hall–Kier alpha value is -1.50. The molecule has 1 rings (SSSR count). The number of H-pyrrole nitrogens is 1. The quantitative estimate of drug-likeness (QED) is 0.455. The maximum Gasteiger partial charge on any atom is 0.326 e. The zero-order valence-corrected chi connectivity index (χ0v) is 13.2. The van der Waals surface area contributed by atoms with Gasteiger partial charge in [-0.1, -0.05) is 32.5 Å². The molecule has 0 radical (unpaired) electrons. The van der Waals surface area contributed by atoms with E-state index < -0.39 is 11.5 Å². The highest BCUT2D eigenvalue weighted by atomic mass is 32.1. The minimum absolute atomic E-state index is 0.0652. The van der Waals surface area contributed by atoms with E-state index in [1.54, 1.807) is 13.8 Å². The standard InChI is InChI=1S/C14H21FN2O3S/c1-10(2)13(18)20-8-6-4-3-5-7-17-12(21)11(15)9-16-14(17)19/h9-10H,3-8H2,1-2H3,(H,16,19). The minimum Gasteiger partial charge on any atom is -0.465 e. The average molecular weight is 316 g/mol. The number of ether oxygens (including phenoxy) is 1. The smallest absolute Gasteiger partial charge is 0.326 e. The van der Waals surface area contributed by atoms with Gasteiger partial charge in [0.1, 0.15) is 4.64 Å². The van der Waals surface area contributed by atoms with Crippen LogP contribution in [0.2, 0.25) is 0 Å². The van der Waals surface area contributed by atoms with E-state index in [4.69, 9.17) is 17.0 Å². The second kappa shape index (κ2) is 8.71. The van der Waals surface area contributed by atoms with Gasteiger partial charge >= 0.3 is 11.7 Å². The number of nitrogens with one attached hydrogen (secondary N) is 1. The zero-order chi connectivity index (χ0) is 15.8. The van der Waals surface area contributed by atoms with Crippen LogP contribution in [0.3, 0.4) is 0 Å². The van der Waals surface area contributed by atoms with Crippen LogP contribution in [0.4, 0.5) is 4.39 Å². The molecule has 0 atom stereocenters. The third-order valence-corrected chi connectivity index (χ3v) is 3.42. The molecule has 1 aromatic rings. The fourth-order valence-electron chi connectivity index (χ4n) is 1.75. The van der Waals surface area contributed by atoms with Gasteiger partial charge in [-0.15, -0.1) is 0 Å². The number of nitrogens with zero attached hydrogens (tertiary/aromatic N) is 1. The summed E-state index contributed by atoms with van der Waals surface area (Å²) in [5.74, 6) is -0.885. The number of hydrogen-bond donors (Lipinski definition) is 1. The molecule has 0 aliphatic rings. The van der Waals surface area contributed by atoms with E-state index in [2.05, 4.69) is 4.98 Å². The van der Waals surface area contributed by atoms with E-state index in [0.717, 1.165) is 31.9 Å². The van der Waals surface area contributed by atoms with Gasteiger partial charge in [0.15, 0.2) is 5.82 Å². The van der Waals surface area contributed by atoms with Crippen LogP contribution in [0.15, 0.2) is 11.0 Å². The summed E-state index contributed by atoms with van der Waals surface area (Å²) in [6, 6.07) is 0. The van der Waals surface area contributed by atoms with Crippen molar-refractivity contribution in [1.82, 2.24) is 9.55 Å². The van der Waals surface area contributed by atoms with Gasteiger partial charge in [-0.05, 0) is 19.3 Å². The Labute approximate surface area is 128 Å². The van der Waals surface area contributed by atoms with E-state index in [1.807, 2.05) is 0 Å². The van der Waals surface area contributed by atoms with E-state index >= 15 is 0 Å². The van der Waals surface area contributed by atoms with Crippen LogP contribution < -0.4 is 5.69 Å². The minimum atomic E-state index is -0.592. The molecule has 7 heteroatoms. The zero-order valence-electron chi connectivity index (χ0n) is 12.4. The molecule has 118 valence electrons. The summed E-state index contributed by atoms with van der Waals surface area (Å²) in [6.07, 6.45) is 4.22. The molecule has 1 aromatic heterocycles. The number of halogens is 1. The van der Waals surface area contributed by atoms with Gasteiger partial charge in [-0.2, -0.15) is 0 Å². The lowest BCUT2D eigenvalue weighted by Gasteiger charge is -2.07. The number of esters is 1. The Morgan fingerprint density at radius 3 is 2.71 bits per heavy atom. The Kier molecular flexibility index (Phi) is 7.28. The van der Waals surface area contributed by atoms with Crippen molar-refractivity contribution in [2.45, 2.75) is 46.1 Å². The van der Waals surface area contributed by atoms with Crippen LogP contribution in [0.25, 0.3) is 0 Å². The van der Waals surface area contributed by atoms with Gasteiger partial charge < -0.3 is 9.72 Å². The van der Waals surface area contributed by atoms with Gasteiger partial charge in [0.25, 0.3) is 0 Å². The van der Waals surface area contributed by atoms with Crippen LogP contribution in [0.1, 0.15) is 39.5 Å². The van der Waals surface area contributed by atoms with Crippen molar-refractivity contribution < 1.29 is 13.9 Å². The maximum atomic E-state index is 13.2. The van der Waals surface area contributed by atoms with Crippen molar-refractivity contribution in [3.05, 3.63) is 27.1 Å². The van der Waals surface area contributed by atoms with Gasteiger partial charge in [0.05, 0.1) is 12.5 Å². The van der Waals surface area contributed by atoms with Crippen molar-refractivity contribution in [2.75, 3.05) is 6.61 Å². The summed E-state index contributed by atoms with van der Waals surface area (Å²) < 4.78 is 19.4. The van der Waals surface area contributed by atoms with Crippen molar-refractivity contribution >= 4 is 18.2 Å². The molecule has 0 bridgehead atoms. The van der Waals surface area contributed by atoms with E-state index in [1.165, 1.54) is 4.57 Å². The topological polar surface area (TPSA) is 64.1 Å². The molecule has 5 nitrogen and oxygen atoms in total. The first-order chi connectivity index (χ1) is 9.93. The number of carbonyl (C=O) groups is 1. The Morgan fingerprint density at radius 1 is 1.38 bits per heavy atom. The molecule has 1 heterocycles. The van der Waals surface area contributed by atoms with Crippen LogP contribution in [-0.4, -0.2) is 22.1 Å². The third-order valence-electron chi connectivity index (χ3n) is 3.01. The molecule has 0 unspecified atom stereocenters. The predicted molar refractivity (Wildman–Crippen MR) is 80.1 cm³/mol. The van der Waals surface area contributed by atoms with Crippen molar-refractivity contribution in [3.8, 4) is 0 Å². The van der Waals surface area contributed by atoms with Gasteiger partial charge in [0.2, 0.25) is 0 Å². The number of aromatic amines is 1. The van der Waals surface area contributed by atoms with Crippen molar-refractivity contribution in [1.29, 1.82) is 0 Å². The number of hydrogen-bond acceptors (Lipinski definition) is 4. The van der Waals surface area contributed by atoms with Crippen molar-refractivity contribution in [2.24, 2.45) is 5.92 Å². The lowest BCUT2D eigenvalue weighted by Crippen LogP contribution is -2.24. The molecule has 21 heavy (non-hydrogen) atoms. The summed E-state index contributed by atoms with van der Waals surface area (Å²) in [7, 11) is 0. The first-order valence-corrected chi connectivity index (χ1v) is 7.49. The summed E-state index contributed by atoms with van der Waals surface area (Å²) >= 11 is 4.86. The van der Waals surface area contributed by atoms with Crippen LogP contribution in [0, 0.1) is 16.4 Å². The van der Waals surface area contributed by atoms with Crippen LogP contribution in [0.5, 0.6) is 0 Å². The fourth-order valence-corrected chi connectivity index (χ4v) is 1.99. The summed E-state index contributed by atoms with van der Waals surface area (Å²) in [4.78, 5) is 25.0. The van der Waals surface area contributed by atoms with E-state index in [9.17, 15) is 14.0 Å². The van der Waals surface area contributed by atoms with E-state index in [-0.39, 0.29) is 16.5 Å². The number of aromatic nitrogens is 2. The number of carbonyl (C=O) groups excluding carboxylic acids is 1. The first-order valence-electron chi connectivity index (χ1n) is 7.08. The molecular formula is C14H21FN2O3S. The highest BCUT2D eigenvalue weighted by Gasteiger charge is 2.07. The molecule has 0 saturated heterocycles. The highest BCUT2D eigenvalue weighted by Crippen LogP contribution is 2.04. The molecule has 0 aliphatic carbocycles. The monoisotopic (exact) mass is 316 g/mol. The summed E-state index contributed by atoms with van der Waals surface area (Å²) in [5, 5.41) is 0. The molecule has 0 amide bonds. The second-order valence-electron chi connectivity index (χ2n) is 5.13. The average Bonchev–Trinajstić information content (AvgIpc) is 2.44. The molecule has 0 spiro atoms. The van der Waals surface area contributed by atoms with Gasteiger partial charge in [0, 0.05) is 12.7 Å². The Balaban J connectivity index is 2.24. The van der Waals surface area contributed by atoms with Crippen LogP contribution >= 0.6 is 12.2 Å². The Morgan fingerprint density at radius 2 is 2.05 bits per heavy atom. The lowest BCUT2D eigenvalue weighted by molar-refractivity contribution is -0.147. The maximum absolute atomic E-state index is 13.2. The third kappa shape index (κ3) is 5.79. The molecule has 0 aromatic carbocycles. The molecule has 0 aliphatic heterocycles. The molecule has 0 fully saturated rings. The summed E-state index contributed by atoms with van der Waals surface area (Å²) in [6.45, 7) is 4.39. The van der Waals surface area contributed by atoms with E-state index in [0.29, 0.717) is 13.2 Å². The SMILES string of the molecule is CC(C)C(=O)OCCCCCCn1c(=O)[nH]cc(F)c1=S. The number of rotatable bonds is 8. The largest absolute Gasteiger partial charge is 0.465 e. The normalized spacial score (nSPS) is 10.9. The molecule has 0 saturated carbocycles.